The monoisotopic (exact) mass is 255 g/mol. The number of nitrogens with one attached hydrogen (secondary N) is 1. The molecular weight excluding hydrogens is 241 g/mol. The Hall–Kier alpha value is -0.930. The normalized spacial score (nSPS) is 23.9. The summed E-state index contributed by atoms with van der Waals surface area (Å²) in [5.74, 6) is -0.309. The van der Waals surface area contributed by atoms with E-state index < -0.39 is 5.82 Å². The number of Topliss-reactive ketones (excluding diaryl/α,β-unsaturated/α-hetero) is 1. The largest absolute Gasteiger partial charge is 0.316 e. The Balaban J connectivity index is 2.10. The molecule has 1 aliphatic heterocycles. The molecule has 4 heteroatoms. The summed E-state index contributed by atoms with van der Waals surface area (Å²) in [6.07, 6.45) is 1.12. The van der Waals surface area contributed by atoms with Gasteiger partial charge < -0.3 is 5.32 Å². The number of hydrogen-bond acceptors (Lipinski definition) is 2. The Labute approximate surface area is 105 Å². The molecule has 0 aromatic heterocycles. The maximum Gasteiger partial charge on any atom is 0.144 e. The average Bonchev–Trinajstić information content (AvgIpc) is 2.72. The highest BCUT2D eigenvalue weighted by molar-refractivity contribution is 6.30. The molecule has 1 N–H and O–H groups in total. The molecule has 1 aliphatic rings. The third-order valence-corrected chi connectivity index (χ3v) is 3.70. The van der Waals surface area contributed by atoms with Crippen molar-refractivity contribution in [2.24, 2.45) is 5.41 Å². The molecule has 92 valence electrons. The van der Waals surface area contributed by atoms with Gasteiger partial charge in [0.05, 0.1) is 5.02 Å². The van der Waals surface area contributed by atoms with Crippen molar-refractivity contribution in [3.63, 3.8) is 0 Å². The zero-order valence-electron chi connectivity index (χ0n) is 9.72. The van der Waals surface area contributed by atoms with Gasteiger partial charge in [0, 0.05) is 18.4 Å². The van der Waals surface area contributed by atoms with E-state index in [9.17, 15) is 9.18 Å². The predicted octanol–water partition coefficient (Wildman–Crippen LogP) is 2.59. The smallest absolute Gasteiger partial charge is 0.144 e. The first-order valence-electron chi connectivity index (χ1n) is 5.69. The van der Waals surface area contributed by atoms with E-state index >= 15 is 0 Å². The molecule has 17 heavy (non-hydrogen) atoms. The van der Waals surface area contributed by atoms with Gasteiger partial charge in [-0.15, -0.1) is 0 Å². The van der Waals surface area contributed by atoms with Crippen molar-refractivity contribution < 1.29 is 9.18 Å². The van der Waals surface area contributed by atoms with E-state index in [0.29, 0.717) is 12.1 Å². The molecule has 1 unspecified atom stereocenters. The molecule has 2 rings (SSSR count). The minimum absolute atomic E-state index is 0.0925. The van der Waals surface area contributed by atoms with Crippen LogP contribution in [0.3, 0.4) is 0 Å². The summed E-state index contributed by atoms with van der Waals surface area (Å²) < 4.78 is 13.2. The molecule has 1 aromatic rings. The molecule has 1 atom stereocenters. The summed E-state index contributed by atoms with van der Waals surface area (Å²) in [5.41, 5.74) is 0.376. The van der Waals surface area contributed by atoms with Crippen molar-refractivity contribution in [1.82, 2.24) is 5.32 Å². The van der Waals surface area contributed by atoms with E-state index in [2.05, 4.69) is 5.32 Å². The lowest BCUT2D eigenvalue weighted by Crippen LogP contribution is -2.31. The molecule has 1 heterocycles. The minimum Gasteiger partial charge on any atom is -0.316 e. The van der Waals surface area contributed by atoms with Crippen LogP contribution in [0, 0.1) is 11.2 Å². The maximum absolute atomic E-state index is 13.2. The molecule has 0 radical (unpaired) electrons. The molecule has 0 bridgehead atoms. The second-order valence-corrected chi connectivity index (χ2v) is 5.24. The Morgan fingerprint density at radius 3 is 2.94 bits per heavy atom. The first-order valence-corrected chi connectivity index (χ1v) is 6.07. The van der Waals surface area contributed by atoms with E-state index in [1.165, 1.54) is 12.1 Å². The fourth-order valence-corrected chi connectivity index (χ4v) is 2.22. The fourth-order valence-electron chi connectivity index (χ4n) is 2.10. The van der Waals surface area contributed by atoms with Crippen molar-refractivity contribution in [2.45, 2.75) is 19.8 Å². The highest BCUT2D eigenvalue weighted by Gasteiger charge is 2.35. The SMILES string of the molecule is CC1(C(=O)Cc2ccc(Cl)c(F)c2)CCNC1. The third-order valence-electron chi connectivity index (χ3n) is 3.39. The van der Waals surface area contributed by atoms with E-state index in [1.54, 1.807) is 6.07 Å². The minimum atomic E-state index is -0.466. The molecule has 1 aromatic carbocycles. The summed E-state index contributed by atoms with van der Waals surface area (Å²) in [5, 5.41) is 3.28. The zero-order valence-corrected chi connectivity index (χ0v) is 10.5. The molecule has 0 amide bonds. The number of carbonyl (C=O) groups excluding carboxylic acids is 1. The number of halogens is 2. The van der Waals surface area contributed by atoms with Crippen LogP contribution in [0.15, 0.2) is 18.2 Å². The van der Waals surface area contributed by atoms with Crippen LogP contribution < -0.4 is 5.32 Å². The van der Waals surface area contributed by atoms with Crippen molar-refractivity contribution in [1.29, 1.82) is 0 Å². The second-order valence-electron chi connectivity index (χ2n) is 4.84. The Morgan fingerprint density at radius 2 is 2.35 bits per heavy atom. The van der Waals surface area contributed by atoms with Gasteiger partial charge in [0.25, 0.3) is 0 Å². The van der Waals surface area contributed by atoms with Gasteiger partial charge in [0.2, 0.25) is 0 Å². The highest BCUT2D eigenvalue weighted by Crippen LogP contribution is 2.27. The van der Waals surface area contributed by atoms with Gasteiger partial charge in [-0.1, -0.05) is 24.6 Å². The lowest BCUT2D eigenvalue weighted by atomic mass is 9.82. The lowest BCUT2D eigenvalue weighted by molar-refractivity contribution is -0.126. The first-order chi connectivity index (χ1) is 8.01. The molecule has 2 nitrogen and oxygen atoms in total. The van der Waals surface area contributed by atoms with Gasteiger partial charge in [-0.05, 0) is 30.7 Å². The molecule has 0 spiro atoms. The molecule has 1 saturated heterocycles. The van der Waals surface area contributed by atoms with Gasteiger partial charge in [-0.3, -0.25) is 4.79 Å². The first kappa shape index (κ1) is 12.5. The fraction of sp³-hybridized carbons (Fsp3) is 0.462. The van der Waals surface area contributed by atoms with Gasteiger partial charge in [-0.25, -0.2) is 4.39 Å². The Kier molecular flexibility index (Phi) is 3.50. The van der Waals surface area contributed by atoms with Crippen LogP contribution in [0.25, 0.3) is 0 Å². The van der Waals surface area contributed by atoms with Crippen molar-refractivity contribution in [3.8, 4) is 0 Å². The predicted molar refractivity (Wildman–Crippen MR) is 65.7 cm³/mol. The molecule has 0 saturated carbocycles. The second kappa shape index (κ2) is 4.75. The summed E-state index contributed by atoms with van der Waals surface area (Å²) in [6, 6.07) is 4.54. The number of hydrogen-bond donors (Lipinski definition) is 1. The summed E-state index contributed by atoms with van der Waals surface area (Å²) in [4.78, 5) is 12.1. The van der Waals surface area contributed by atoms with Crippen LogP contribution in [0.1, 0.15) is 18.9 Å². The summed E-state index contributed by atoms with van der Waals surface area (Å²) >= 11 is 5.60. The number of ketones is 1. The number of rotatable bonds is 3. The topological polar surface area (TPSA) is 29.1 Å². The van der Waals surface area contributed by atoms with Gasteiger partial charge in [0.15, 0.2) is 0 Å². The molecular formula is C13H15ClFNO. The Morgan fingerprint density at radius 1 is 1.59 bits per heavy atom. The van der Waals surface area contributed by atoms with Crippen molar-refractivity contribution in [3.05, 3.63) is 34.6 Å². The van der Waals surface area contributed by atoms with Crippen LogP contribution in [-0.4, -0.2) is 18.9 Å². The maximum atomic E-state index is 13.2. The molecule has 1 fully saturated rings. The lowest BCUT2D eigenvalue weighted by Gasteiger charge is -2.20. The summed E-state index contributed by atoms with van der Waals surface area (Å²) in [7, 11) is 0. The highest BCUT2D eigenvalue weighted by atomic mass is 35.5. The van der Waals surface area contributed by atoms with E-state index in [0.717, 1.165) is 13.0 Å². The van der Waals surface area contributed by atoms with E-state index in [1.807, 2.05) is 6.92 Å². The zero-order chi connectivity index (χ0) is 12.5. The van der Waals surface area contributed by atoms with Gasteiger partial charge >= 0.3 is 0 Å². The van der Waals surface area contributed by atoms with Gasteiger partial charge in [-0.2, -0.15) is 0 Å². The van der Waals surface area contributed by atoms with Crippen LogP contribution in [0.5, 0.6) is 0 Å². The van der Waals surface area contributed by atoms with Crippen LogP contribution in [0.4, 0.5) is 4.39 Å². The van der Waals surface area contributed by atoms with Crippen LogP contribution in [0.2, 0.25) is 5.02 Å². The van der Waals surface area contributed by atoms with E-state index in [4.69, 9.17) is 11.6 Å². The van der Waals surface area contributed by atoms with Crippen molar-refractivity contribution in [2.75, 3.05) is 13.1 Å². The number of carbonyl (C=O) groups is 1. The standard InChI is InChI=1S/C13H15ClFNO/c1-13(4-5-16-8-13)12(17)7-9-2-3-10(14)11(15)6-9/h2-3,6,16H,4-5,7-8H2,1H3. The van der Waals surface area contributed by atoms with Crippen LogP contribution in [-0.2, 0) is 11.2 Å². The Bertz CT molecular complexity index is 441. The van der Waals surface area contributed by atoms with Gasteiger partial charge in [0.1, 0.15) is 11.6 Å². The average molecular weight is 256 g/mol. The van der Waals surface area contributed by atoms with E-state index in [-0.39, 0.29) is 22.6 Å². The number of benzene rings is 1. The summed E-state index contributed by atoms with van der Waals surface area (Å²) in [6.45, 7) is 3.54. The van der Waals surface area contributed by atoms with Crippen molar-refractivity contribution >= 4 is 17.4 Å². The quantitative estimate of drug-likeness (QED) is 0.900. The molecule has 0 aliphatic carbocycles. The third kappa shape index (κ3) is 2.67. The van der Waals surface area contributed by atoms with Crippen LogP contribution >= 0.6 is 11.6 Å².